The Morgan fingerprint density at radius 1 is 1.58 bits per heavy atom. The molecule has 0 atom stereocenters. The number of hydrogen-bond acceptors (Lipinski definition) is 3. The van der Waals surface area contributed by atoms with Crippen LogP contribution < -0.4 is 0 Å². The number of nitrogens with zero attached hydrogens (tertiary/aromatic N) is 1. The maximum Gasteiger partial charge on any atom is 0.305 e. The van der Waals surface area contributed by atoms with Crippen LogP contribution in [-0.2, 0) is 0 Å². The Morgan fingerprint density at radius 3 is 2.67 bits per heavy atom. The standard InChI is InChI=1S/C7H6FNO3/c1-4-6(10)3-2-5(7(4)8)9(11)12/h2-3,10H,1H3. The van der Waals surface area contributed by atoms with Gasteiger partial charge in [0.2, 0.25) is 5.82 Å². The van der Waals surface area contributed by atoms with Gasteiger partial charge in [-0.1, -0.05) is 0 Å². The van der Waals surface area contributed by atoms with Gasteiger partial charge in [-0.2, -0.15) is 4.39 Å². The van der Waals surface area contributed by atoms with Crippen LogP contribution in [0.4, 0.5) is 10.1 Å². The van der Waals surface area contributed by atoms with Crippen LogP contribution in [0.1, 0.15) is 5.56 Å². The van der Waals surface area contributed by atoms with Crippen molar-refractivity contribution in [1.82, 2.24) is 0 Å². The Morgan fingerprint density at radius 2 is 2.17 bits per heavy atom. The molecule has 0 fully saturated rings. The van der Waals surface area contributed by atoms with Crippen molar-refractivity contribution in [3.63, 3.8) is 0 Å². The molecule has 0 unspecified atom stereocenters. The van der Waals surface area contributed by atoms with Crippen molar-refractivity contribution in [3.8, 4) is 5.75 Å². The molecule has 0 amide bonds. The molecule has 64 valence electrons. The Bertz CT molecular complexity index is 338. The lowest BCUT2D eigenvalue weighted by Gasteiger charge is -1.99. The number of rotatable bonds is 1. The molecule has 0 spiro atoms. The van der Waals surface area contributed by atoms with Gasteiger partial charge in [-0.15, -0.1) is 0 Å². The highest BCUT2D eigenvalue weighted by atomic mass is 19.1. The summed E-state index contributed by atoms with van der Waals surface area (Å²) in [5.41, 5.74) is -0.727. The third kappa shape index (κ3) is 1.20. The van der Waals surface area contributed by atoms with Gasteiger partial charge in [0, 0.05) is 11.6 Å². The summed E-state index contributed by atoms with van der Waals surface area (Å²) in [6.45, 7) is 1.28. The molecule has 0 radical (unpaired) electrons. The molecule has 0 aliphatic heterocycles. The highest BCUT2D eigenvalue weighted by molar-refractivity contribution is 5.43. The molecule has 1 N–H and O–H groups in total. The van der Waals surface area contributed by atoms with Crippen molar-refractivity contribution in [2.45, 2.75) is 6.92 Å². The van der Waals surface area contributed by atoms with Crippen LogP contribution in [0.2, 0.25) is 0 Å². The largest absolute Gasteiger partial charge is 0.508 e. The minimum Gasteiger partial charge on any atom is -0.508 e. The first kappa shape index (κ1) is 8.45. The van der Waals surface area contributed by atoms with E-state index in [0.29, 0.717) is 0 Å². The molecule has 1 aromatic rings. The van der Waals surface area contributed by atoms with Crippen LogP contribution in [-0.4, -0.2) is 10.0 Å². The fourth-order valence-corrected chi connectivity index (χ4v) is 0.802. The average molecular weight is 171 g/mol. The zero-order valence-electron chi connectivity index (χ0n) is 6.24. The average Bonchev–Trinajstić information content (AvgIpc) is 2.00. The van der Waals surface area contributed by atoms with Gasteiger partial charge in [-0.25, -0.2) is 0 Å². The van der Waals surface area contributed by atoms with E-state index >= 15 is 0 Å². The minimum absolute atomic E-state index is 0.107. The Kier molecular flexibility index (Phi) is 1.95. The second kappa shape index (κ2) is 2.77. The summed E-state index contributed by atoms with van der Waals surface area (Å²) in [5, 5.41) is 19.1. The van der Waals surface area contributed by atoms with Crippen molar-refractivity contribution in [2.75, 3.05) is 0 Å². The lowest BCUT2D eigenvalue weighted by Crippen LogP contribution is -1.94. The number of phenolic OH excluding ortho intramolecular Hbond substituents is 1. The topological polar surface area (TPSA) is 63.4 Å². The molecule has 0 aliphatic rings. The molecule has 1 rings (SSSR count). The van der Waals surface area contributed by atoms with Crippen LogP contribution >= 0.6 is 0 Å². The molecule has 1 aromatic carbocycles. The molecule has 5 heteroatoms. The number of aromatic hydroxyl groups is 1. The molecular formula is C7H6FNO3. The van der Waals surface area contributed by atoms with Gasteiger partial charge >= 0.3 is 5.69 Å². The third-order valence-electron chi connectivity index (χ3n) is 1.53. The fraction of sp³-hybridized carbons (Fsp3) is 0.143. The maximum atomic E-state index is 12.9. The monoisotopic (exact) mass is 171 g/mol. The first-order valence-corrected chi connectivity index (χ1v) is 3.16. The van der Waals surface area contributed by atoms with E-state index in [1.165, 1.54) is 6.92 Å². The zero-order valence-corrected chi connectivity index (χ0v) is 6.24. The normalized spacial score (nSPS) is 9.83. The van der Waals surface area contributed by atoms with Gasteiger partial charge in [0.15, 0.2) is 0 Å². The van der Waals surface area contributed by atoms with Crippen LogP contribution in [0.25, 0.3) is 0 Å². The van der Waals surface area contributed by atoms with Crippen LogP contribution in [0.5, 0.6) is 5.75 Å². The van der Waals surface area contributed by atoms with E-state index in [2.05, 4.69) is 0 Å². The van der Waals surface area contributed by atoms with Gasteiger partial charge in [0.25, 0.3) is 0 Å². The number of hydrogen-bond donors (Lipinski definition) is 1. The van der Waals surface area contributed by atoms with Crippen LogP contribution in [0.3, 0.4) is 0 Å². The summed E-state index contributed by atoms with van der Waals surface area (Å²) in [5.74, 6) is -1.27. The summed E-state index contributed by atoms with van der Waals surface area (Å²) in [7, 11) is 0. The molecular weight excluding hydrogens is 165 g/mol. The summed E-state index contributed by atoms with van der Waals surface area (Å²) in [6.07, 6.45) is 0. The predicted molar refractivity (Wildman–Crippen MR) is 39.5 cm³/mol. The zero-order chi connectivity index (χ0) is 9.30. The quantitative estimate of drug-likeness (QED) is 0.517. The smallest absolute Gasteiger partial charge is 0.305 e. The lowest BCUT2D eigenvalue weighted by atomic mass is 10.2. The second-order valence-electron chi connectivity index (χ2n) is 2.30. The van der Waals surface area contributed by atoms with E-state index < -0.39 is 16.4 Å². The number of nitro benzene ring substituents is 1. The van der Waals surface area contributed by atoms with Gasteiger partial charge in [-0.05, 0) is 13.0 Å². The van der Waals surface area contributed by atoms with E-state index in [1.807, 2.05) is 0 Å². The Labute approximate surface area is 67.4 Å². The van der Waals surface area contributed by atoms with Crippen molar-refractivity contribution in [2.24, 2.45) is 0 Å². The first-order valence-electron chi connectivity index (χ1n) is 3.16. The highest BCUT2D eigenvalue weighted by Crippen LogP contribution is 2.26. The van der Waals surface area contributed by atoms with Crippen molar-refractivity contribution < 1.29 is 14.4 Å². The van der Waals surface area contributed by atoms with Gasteiger partial charge in [-0.3, -0.25) is 10.1 Å². The molecule has 4 nitrogen and oxygen atoms in total. The predicted octanol–water partition coefficient (Wildman–Crippen LogP) is 1.75. The van der Waals surface area contributed by atoms with Gasteiger partial charge in [0.1, 0.15) is 5.75 Å². The molecule has 0 saturated heterocycles. The third-order valence-corrected chi connectivity index (χ3v) is 1.53. The lowest BCUT2D eigenvalue weighted by molar-refractivity contribution is -0.387. The van der Waals surface area contributed by atoms with Crippen LogP contribution in [0.15, 0.2) is 12.1 Å². The molecule has 0 aromatic heterocycles. The summed E-state index contributed by atoms with van der Waals surface area (Å²) in [6, 6.07) is 2.02. The van der Waals surface area contributed by atoms with E-state index in [1.54, 1.807) is 0 Å². The highest BCUT2D eigenvalue weighted by Gasteiger charge is 2.17. The number of phenols is 1. The van der Waals surface area contributed by atoms with Crippen molar-refractivity contribution >= 4 is 5.69 Å². The summed E-state index contributed by atoms with van der Waals surface area (Å²) in [4.78, 5) is 9.34. The summed E-state index contributed by atoms with van der Waals surface area (Å²) >= 11 is 0. The number of nitro groups is 1. The summed E-state index contributed by atoms with van der Waals surface area (Å²) < 4.78 is 12.9. The van der Waals surface area contributed by atoms with Gasteiger partial charge < -0.3 is 5.11 Å². The SMILES string of the molecule is Cc1c(O)ccc([N+](=O)[O-])c1F. The molecule has 0 aliphatic carbocycles. The Hall–Kier alpha value is -1.65. The molecule has 0 bridgehead atoms. The minimum atomic E-state index is -0.986. The van der Waals surface area contributed by atoms with E-state index in [9.17, 15) is 14.5 Å². The number of benzene rings is 1. The Balaban J connectivity index is 3.36. The molecule has 0 saturated carbocycles. The van der Waals surface area contributed by atoms with Gasteiger partial charge in [0.05, 0.1) is 4.92 Å². The fourth-order valence-electron chi connectivity index (χ4n) is 0.802. The van der Waals surface area contributed by atoms with E-state index in [0.717, 1.165) is 12.1 Å². The first-order chi connectivity index (χ1) is 5.54. The second-order valence-corrected chi connectivity index (χ2v) is 2.30. The van der Waals surface area contributed by atoms with Crippen molar-refractivity contribution in [3.05, 3.63) is 33.6 Å². The molecule has 12 heavy (non-hydrogen) atoms. The van der Waals surface area contributed by atoms with E-state index in [4.69, 9.17) is 5.11 Å². The van der Waals surface area contributed by atoms with E-state index in [-0.39, 0.29) is 11.3 Å². The molecule has 0 heterocycles. The van der Waals surface area contributed by atoms with Crippen molar-refractivity contribution in [1.29, 1.82) is 0 Å². The number of halogens is 1. The van der Waals surface area contributed by atoms with Crippen LogP contribution in [0, 0.1) is 22.9 Å². The maximum absolute atomic E-state index is 12.9.